The molecule has 1 fully saturated rings. The highest BCUT2D eigenvalue weighted by molar-refractivity contribution is 7.89. The lowest BCUT2D eigenvalue weighted by Crippen LogP contribution is -2.44. The van der Waals surface area contributed by atoms with Gasteiger partial charge >= 0.3 is 0 Å². The first-order valence-electron chi connectivity index (χ1n) is 9.59. The maximum Gasteiger partial charge on any atom is 0.253 e. The Kier molecular flexibility index (Phi) is 6.47. The fourth-order valence-electron chi connectivity index (χ4n) is 3.36. The molecule has 0 spiro atoms. The first-order valence-corrected chi connectivity index (χ1v) is 11.0. The van der Waals surface area contributed by atoms with Gasteiger partial charge < -0.3 is 20.4 Å². The minimum Gasteiger partial charge on any atom is -0.472 e. The Morgan fingerprint density at radius 1 is 1.30 bits per heavy atom. The van der Waals surface area contributed by atoms with Gasteiger partial charge in [0.15, 0.2) is 0 Å². The lowest BCUT2D eigenvalue weighted by Gasteiger charge is -2.31. The average molecular weight is 435 g/mol. The van der Waals surface area contributed by atoms with Crippen LogP contribution in [-0.2, 0) is 21.4 Å². The maximum atomic E-state index is 13.1. The van der Waals surface area contributed by atoms with E-state index in [0.717, 1.165) is 9.87 Å². The summed E-state index contributed by atoms with van der Waals surface area (Å²) in [6.07, 6.45) is 4.44. The third-order valence-corrected chi connectivity index (χ3v) is 6.91. The zero-order valence-electron chi connectivity index (χ0n) is 17.0. The number of hydrogen-bond donors (Lipinski definition) is 2. The Balaban J connectivity index is 1.92. The van der Waals surface area contributed by atoms with Crippen molar-refractivity contribution in [2.75, 3.05) is 32.5 Å². The number of primary amides is 1. The van der Waals surface area contributed by atoms with E-state index in [2.05, 4.69) is 5.32 Å². The number of piperidine rings is 1. The molecule has 9 nitrogen and oxygen atoms in total. The van der Waals surface area contributed by atoms with Crippen LogP contribution in [-0.4, -0.2) is 56.6 Å². The molecule has 3 rings (SSSR count). The van der Waals surface area contributed by atoms with Crippen molar-refractivity contribution < 1.29 is 22.4 Å². The number of carbonyl (C=O) groups is 2. The van der Waals surface area contributed by atoms with Crippen molar-refractivity contribution in [3.8, 4) is 0 Å². The van der Waals surface area contributed by atoms with Crippen molar-refractivity contribution in [1.29, 1.82) is 0 Å². The van der Waals surface area contributed by atoms with Gasteiger partial charge in [0.05, 0.1) is 23.3 Å². The van der Waals surface area contributed by atoms with Crippen LogP contribution >= 0.6 is 0 Å². The number of amides is 2. The topological polar surface area (TPSA) is 126 Å². The van der Waals surface area contributed by atoms with Gasteiger partial charge in [0.1, 0.15) is 0 Å². The van der Waals surface area contributed by atoms with Gasteiger partial charge in [-0.3, -0.25) is 9.59 Å². The van der Waals surface area contributed by atoms with Gasteiger partial charge in [0.25, 0.3) is 5.91 Å². The van der Waals surface area contributed by atoms with Crippen molar-refractivity contribution in [2.24, 2.45) is 11.7 Å². The minimum absolute atomic E-state index is 0.0107. The van der Waals surface area contributed by atoms with Gasteiger partial charge in [-0.1, -0.05) is 0 Å². The number of furan rings is 1. The Labute approximate surface area is 175 Å². The summed E-state index contributed by atoms with van der Waals surface area (Å²) in [4.78, 5) is 26.2. The van der Waals surface area contributed by atoms with E-state index in [-0.39, 0.29) is 22.9 Å². The van der Waals surface area contributed by atoms with Crippen LogP contribution in [0.25, 0.3) is 0 Å². The molecule has 2 amide bonds. The van der Waals surface area contributed by atoms with Crippen molar-refractivity contribution in [2.45, 2.75) is 24.3 Å². The predicted molar refractivity (Wildman–Crippen MR) is 111 cm³/mol. The summed E-state index contributed by atoms with van der Waals surface area (Å²) in [6, 6.07) is 6.27. The monoisotopic (exact) mass is 434 g/mol. The largest absolute Gasteiger partial charge is 0.472 e. The minimum atomic E-state index is -3.75. The van der Waals surface area contributed by atoms with Crippen molar-refractivity contribution in [3.63, 3.8) is 0 Å². The number of hydrogen-bond acceptors (Lipinski definition) is 6. The third kappa shape index (κ3) is 4.82. The molecule has 1 aliphatic rings. The number of nitrogens with one attached hydrogen (secondary N) is 1. The second kappa shape index (κ2) is 8.88. The Bertz CT molecular complexity index is 1020. The maximum absolute atomic E-state index is 13.1. The molecule has 1 aromatic carbocycles. The van der Waals surface area contributed by atoms with Crippen molar-refractivity contribution >= 4 is 27.5 Å². The molecule has 3 N–H and O–H groups in total. The normalized spacial score (nSPS) is 17.2. The lowest BCUT2D eigenvalue weighted by molar-refractivity contribution is -0.123. The Hall–Kier alpha value is -2.85. The van der Waals surface area contributed by atoms with Crippen LogP contribution in [0.5, 0.6) is 0 Å². The van der Waals surface area contributed by atoms with E-state index in [1.807, 2.05) is 0 Å². The molecule has 1 aliphatic heterocycles. The number of rotatable bonds is 7. The Morgan fingerprint density at radius 2 is 2.07 bits per heavy atom. The van der Waals surface area contributed by atoms with Crippen LogP contribution in [0.3, 0.4) is 0 Å². The van der Waals surface area contributed by atoms with Crippen LogP contribution in [0.15, 0.2) is 46.1 Å². The molecule has 1 saturated heterocycles. The standard InChI is InChI=1S/C20H26N4O5S/c1-23(2)30(27,28)18-9-16(8-17(10-18)22-11-14-5-7-29-13-14)20(26)24-6-3-4-15(12-24)19(21)25/h5,7-10,13,15,22H,3-4,6,11-12H2,1-2H3,(H2,21,25). The third-order valence-electron chi connectivity index (χ3n) is 5.12. The Morgan fingerprint density at radius 3 is 2.70 bits per heavy atom. The van der Waals surface area contributed by atoms with E-state index in [1.54, 1.807) is 29.6 Å². The molecule has 1 aromatic heterocycles. The summed E-state index contributed by atoms with van der Waals surface area (Å²) in [6.45, 7) is 1.13. The first-order chi connectivity index (χ1) is 14.2. The second-order valence-electron chi connectivity index (χ2n) is 7.51. The molecular weight excluding hydrogens is 408 g/mol. The van der Waals surface area contributed by atoms with Gasteiger partial charge in [-0.05, 0) is 37.1 Å². The zero-order chi connectivity index (χ0) is 21.9. The number of likely N-dealkylation sites (tertiary alicyclic amines) is 1. The lowest BCUT2D eigenvalue weighted by atomic mass is 9.97. The molecule has 0 radical (unpaired) electrons. The number of sulfonamides is 1. The predicted octanol–water partition coefficient (Wildman–Crippen LogP) is 1.48. The SMILES string of the molecule is CN(C)S(=O)(=O)c1cc(NCc2ccoc2)cc(C(=O)N2CCCC(C(N)=O)C2)c1. The van der Waals surface area contributed by atoms with Crippen LogP contribution in [0.2, 0.25) is 0 Å². The van der Waals surface area contributed by atoms with Crippen LogP contribution in [0.4, 0.5) is 5.69 Å². The molecule has 30 heavy (non-hydrogen) atoms. The van der Waals surface area contributed by atoms with Gasteiger partial charge in [0, 0.05) is 50.5 Å². The zero-order valence-corrected chi connectivity index (χ0v) is 17.8. The molecule has 0 aliphatic carbocycles. The summed E-state index contributed by atoms with van der Waals surface area (Å²) < 4.78 is 31.6. The molecular formula is C20H26N4O5S. The van der Waals surface area contributed by atoms with E-state index in [9.17, 15) is 18.0 Å². The number of anilines is 1. The molecule has 2 aromatic rings. The molecule has 2 heterocycles. The summed E-state index contributed by atoms with van der Waals surface area (Å²) in [5.41, 5.74) is 7.02. The van der Waals surface area contributed by atoms with Gasteiger partial charge in [-0.15, -0.1) is 0 Å². The smallest absolute Gasteiger partial charge is 0.253 e. The highest BCUT2D eigenvalue weighted by Crippen LogP contribution is 2.25. The number of nitrogens with zero attached hydrogens (tertiary/aromatic N) is 2. The van der Waals surface area contributed by atoms with E-state index < -0.39 is 21.8 Å². The molecule has 10 heteroatoms. The number of benzene rings is 1. The molecule has 0 bridgehead atoms. The van der Waals surface area contributed by atoms with Gasteiger partial charge in [-0.2, -0.15) is 0 Å². The van der Waals surface area contributed by atoms with Crippen molar-refractivity contribution in [1.82, 2.24) is 9.21 Å². The van der Waals surface area contributed by atoms with Crippen LogP contribution in [0, 0.1) is 5.92 Å². The van der Waals surface area contributed by atoms with Crippen LogP contribution in [0.1, 0.15) is 28.8 Å². The summed E-state index contributed by atoms with van der Waals surface area (Å²) in [5, 5.41) is 3.14. The number of carbonyl (C=O) groups excluding carboxylic acids is 2. The van der Waals surface area contributed by atoms with Crippen LogP contribution < -0.4 is 11.1 Å². The van der Waals surface area contributed by atoms with E-state index in [0.29, 0.717) is 31.6 Å². The number of nitrogens with two attached hydrogens (primary N) is 1. The van der Waals surface area contributed by atoms with E-state index in [1.165, 1.54) is 26.2 Å². The average Bonchev–Trinajstić information content (AvgIpc) is 3.25. The molecule has 0 saturated carbocycles. The van der Waals surface area contributed by atoms with E-state index >= 15 is 0 Å². The molecule has 1 atom stereocenters. The van der Waals surface area contributed by atoms with Crippen molar-refractivity contribution in [3.05, 3.63) is 47.9 Å². The summed E-state index contributed by atoms with van der Waals surface area (Å²) in [5.74, 6) is -1.16. The fourth-order valence-corrected chi connectivity index (χ4v) is 4.33. The van der Waals surface area contributed by atoms with E-state index in [4.69, 9.17) is 10.2 Å². The molecule has 162 valence electrons. The highest BCUT2D eigenvalue weighted by atomic mass is 32.2. The second-order valence-corrected chi connectivity index (χ2v) is 9.66. The molecule has 1 unspecified atom stereocenters. The highest BCUT2D eigenvalue weighted by Gasteiger charge is 2.29. The fraction of sp³-hybridized carbons (Fsp3) is 0.400. The summed E-state index contributed by atoms with van der Waals surface area (Å²) >= 11 is 0. The van der Waals surface area contributed by atoms with Gasteiger partial charge in [-0.25, -0.2) is 12.7 Å². The van der Waals surface area contributed by atoms with Gasteiger partial charge in [0.2, 0.25) is 15.9 Å². The quantitative estimate of drug-likeness (QED) is 0.680. The first kappa shape index (κ1) is 21.8. The summed E-state index contributed by atoms with van der Waals surface area (Å²) in [7, 11) is -0.882.